The van der Waals surface area contributed by atoms with E-state index in [0.717, 1.165) is 18.5 Å². The topological polar surface area (TPSA) is 203 Å². The zero-order chi connectivity index (χ0) is 28.0. The number of hydrogen-bond acceptors (Lipinski definition) is 11. The predicted octanol–water partition coefficient (Wildman–Crippen LogP) is 0.0966. The van der Waals surface area contributed by atoms with Crippen molar-refractivity contribution in [1.29, 1.82) is 0 Å². The largest absolute Gasteiger partial charge is 0.508 e. The number of aromatic hydroxyl groups is 1. The molecule has 9 N–H and O–H groups in total. The van der Waals surface area contributed by atoms with Crippen LogP contribution in [-0.2, 0) is 20.8 Å². The first-order chi connectivity index (χ1) is 18.6. The quantitative estimate of drug-likeness (QED) is 0.190. The molecular formula is C27H32N4O8. The van der Waals surface area contributed by atoms with Gasteiger partial charge in [-0.1, -0.05) is 6.92 Å². The number of methoxy groups -OCH3 is 1. The molecule has 5 aliphatic rings. The van der Waals surface area contributed by atoms with Crippen LogP contribution in [0, 0.1) is 17.8 Å². The van der Waals surface area contributed by atoms with E-state index in [9.17, 15) is 34.8 Å². The number of aliphatic hydroxyl groups excluding tert-OH is 2. The van der Waals surface area contributed by atoms with Gasteiger partial charge in [0.25, 0.3) is 5.91 Å². The van der Waals surface area contributed by atoms with Gasteiger partial charge in [-0.05, 0) is 44.2 Å². The van der Waals surface area contributed by atoms with Crippen molar-refractivity contribution in [3.63, 3.8) is 0 Å². The van der Waals surface area contributed by atoms with Gasteiger partial charge in [-0.2, -0.15) is 0 Å². The molecule has 0 spiro atoms. The molecule has 1 aromatic carbocycles. The van der Waals surface area contributed by atoms with Crippen molar-refractivity contribution < 1.29 is 39.5 Å². The summed E-state index contributed by atoms with van der Waals surface area (Å²) >= 11 is 0. The second kappa shape index (κ2) is 8.70. The van der Waals surface area contributed by atoms with Crippen LogP contribution in [0.5, 0.6) is 11.5 Å². The summed E-state index contributed by atoms with van der Waals surface area (Å²) in [6, 6.07) is -1.22. The van der Waals surface area contributed by atoms with Crippen molar-refractivity contribution in [3.05, 3.63) is 33.6 Å². The van der Waals surface area contributed by atoms with E-state index < -0.39 is 58.0 Å². The summed E-state index contributed by atoms with van der Waals surface area (Å²) in [7, 11) is 1.52. The molecular weight excluding hydrogens is 508 g/mol. The average Bonchev–Trinajstić information content (AvgIpc) is 3.38. The van der Waals surface area contributed by atoms with E-state index >= 15 is 0 Å². The van der Waals surface area contributed by atoms with Crippen LogP contribution in [0.3, 0.4) is 0 Å². The molecule has 2 aliphatic heterocycles. The number of phenols is 1. The van der Waals surface area contributed by atoms with Gasteiger partial charge in [0.05, 0.1) is 24.4 Å². The lowest BCUT2D eigenvalue weighted by molar-refractivity contribution is -0.150. The number of nitrogens with two attached hydrogens (primary N) is 1. The minimum Gasteiger partial charge on any atom is -0.508 e. The fraction of sp³-hybridized carbons (Fsp3) is 0.519. The third-order valence-corrected chi connectivity index (χ3v) is 9.19. The maximum Gasteiger partial charge on any atom is 0.255 e. The normalized spacial score (nSPS) is 33.1. The van der Waals surface area contributed by atoms with Gasteiger partial charge in [0.1, 0.15) is 22.8 Å². The number of fused-ring (bicyclic) bond motifs is 6. The summed E-state index contributed by atoms with van der Waals surface area (Å²) in [5.74, 6) is -6.01. The van der Waals surface area contributed by atoms with Crippen LogP contribution < -0.4 is 26.4 Å². The van der Waals surface area contributed by atoms with Gasteiger partial charge >= 0.3 is 0 Å². The highest BCUT2D eigenvalue weighted by atomic mass is 16.5. The molecule has 0 aromatic heterocycles. The Hall–Kier alpha value is -3.61. The Balaban J connectivity index is 1.57. The molecule has 39 heavy (non-hydrogen) atoms. The van der Waals surface area contributed by atoms with Gasteiger partial charge in [0.15, 0.2) is 17.1 Å². The smallest absolute Gasteiger partial charge is 0.255 e. The molecule has 0 radical (unpaired) electrons. The molecule has 2 heterocycles. The van der Waals surface area contributed by atoms with Crippen molar-refractivity contribution in [2.45, 2.75) is 43.9 Å². The number of nitrogens with one attached hydrogen (secondary N) is 3. The maximum absolute atomic E-state index is 14.0. The highest BCUT2D eigenvalue weighted by Crippen LogP contribution is 2.57. The van der Waals surface area contributed by atoms with E-state index in [0.29, 0.717) is 29.5 Å². The van der Waals surface area contributed by atoms with Gasteiger partial charge < -0.3 is 46.8 Å². The van der Waals surface area contributed by atoms with Crippen LogP contribution in [-0.4, -0.2) is 76.3 Å². The fourth-order valence-corrected chi connectivity index (χ4v) is 7.51. The summed E-state index contributed by atoms with van der Waals surface area (Å²) in [5, 5.41) is 55.2. The molecule has 1 saturated heterocycles. The lowest BCUT2D eigenvalue weighted by atomic mass is 9.57. The molecule has 208 valence electrons. The Bertz CT molecular complexity index is 1400. The number of carbonyl (C=O) groups excluding carboxylic acids is 3. The number of benzene rings is 1. The van der Waals surface area contributed by atoms with Crippen LogP contribution in [0.15, 0.2) is 16.9 Å². The number of ether oxygens (including phenoxy) is 1. The fourth-order valence-electron chi connectivity index (χ4n) is 7.51. The molecule has 12 heteroatoms. The zero-order valence-electron chi connectivity index (χ0n) is 21.6. The Morgan fingerprint density at radius 1 is 1.26 bits per heavy atom. The van der Waals surface area contributed by atoms with Gasteiger partial charge in [-0.25, -0.2) is 0 Å². The van der Waals surface area contributed by atoms with Crippen molar-refractivity contribution >= 4 is 28.9 Å². The van der Waals surface area contributed by atoms with E-state index in [-0.39, 0.29) is 42.3 Å². The summed E-state index contributed by atoms with van der Waals surface area (Å²) in [4.78, 5) is 39.3. The number of anilines is 1. The van der Waals surface area contributed by atoms with Gasteiger partial charge in [0.2, 0.25) is 5.78 Å². The molecule has 2 unspecified atom stereocenters. The minimum atomic E-state index is -2.67. The summed E-state index contributed by atoms with van der Waals surface area (Å²) < 4.78 is 5.87. The van der Waals surface area contributed by atoms with Gasteiger partial charge in [0, 0.05) is 35.2 Å². The van der Waals surface area contributed by atoms with E-state index in [4.69, 9.17) is 10.5 Å². The molecule has 2 fully saturated rings. The summed E-state index contributed by atoms with van der Waals surface area (Å²) in [6.45, 7) is 3.42. The van der Waals surface area contributed by atoms with Crippen LogP contribution in [0.25, 0.3) is 5.76 Å². The molecule has 1 aromatic rings. The van der Waals surface area contributed by atoms with E-state index in [1.54, 1.807) is 6.92 Å². The first-order valence-electron chi connectivity index (χ1n) is 13.2. The van der Waals surface area contributed by atoms with Crippen LogP contribution in [0.4, 0.5) is 5.69 Å². The van der Waals surface area contributed by atoms with E-state index in [1.807, 2.05) is 0 Å². The third kappa shape index (κ3) is 3.19. The number of carbonyl (C=O) groups is 3. The number of amides is 1. The number of likely N-dealkylation sites (N-methyl/N-ethyl adjacent to an activating group) is 1. The number of aliphatic hydroxyl groups is 3. The Morgan fingerprint density at radius 2 is 2.00 bits per heavy atom. The molecule has 3 aliphatic carbocycles. The number of hydrogen-bond donors (Lipinski definition) is 8. The van der Waals surface area contributed by atoms with Gasteiger partial charge in [-0.15, -0.1) is 0 Å². The summed E-state index contributed by atoms with van der Waals surface area (Å²) in [6.07, 6.45) is 1.15. The standard InChI is InChI=1S/C27H32N4O8/c1-3-29-18-12-7-10-6-11-14(21(33)19-15(23(11)39-2)17-9(8-31-19)4-5-30-17)20(32)13(10)24(35)27(12,38)25(36)16(22(18)34)26(28)37/h9-10,12,17-18,29-33,36,38H,3-8H2,1-2H3,(H2,28,37)/t9?,10-,12-,17?,18-,27-/m0/s1. The third-order valence-electron chi connectivity index (χ3n) is 9.19. The van der Waals surface area contributed by atoms with Gasteiger partial charge in [-0.3, -0.25) is 14.4 Å². The highest BCUT2D eigenvalue weighted by Gasteiger charge is 2.63. The molecule has 6 rings (SSSR count). The monoisotopic (exact) mass is 540 g/mol. The van der Waals surface area contributed by atoms with Crippen LogP contribution >= 0.6 is 0 Å². The highest BCUT2D eigenvalue weighted by molar-refractivity contribution is 6.24. The van der Waals surface area contributed by atoms with Crippen molar-refractivity contribution in [2.24, 2.45) is 23.5 Å². The Morgan fingerprint density at radius 3 is 2.67 bits per heavy atom. The number of primary amides is 1. The number of rotatable bonds is 4. The van der Waals surface area contributed by atoms with Crippen LogP contribution in [0.1, 0.15) is 42.5 Å². The Kier molecular flexibility index (Phi) is 5.72. The molecule has 6 atom stereocenters. The second-order valence-electron chi connectivity index (χ2n) is 11.0. The maximum atomic E-state index is 14.0. The SMILES string of the molecule is CCN[C@@H]1C(=O)C(C(N)=O)=C(O)[C@@]2(O)C(=O)C3=C(O)c4c(O)c5c(c(OC)c4C[C@H]3C[C@@H]12)C1NCCC1CN5. The zero-order valence-corrected chi connectivity index (χ0v) is 21.6. The van der Waals surface area contributed by atoms with Crippen molar-refractivity contribution in [1.82, 2.24) is 10.6 Å². The number of phenolic OH excluding ortho intramolecular Hbond substituents is 1. The molecule has 1 saturated carbocycles. The van der Waals surface area contributed by atoms with Crippen molar-refractivity contribution in [2.75, 3.05) is 32.1 Å². The number of Topliss-reactive ketones (excluding diaryl/α,β-unsaturated/α-hetero) is 2. The molecule has 1 amide bonds. The van der Waals surface area contributed by atoms with E-state index in [2.05, 4.69) is 16.0 Å². The molecule has 0 bridgehead atoms. The van der Waals surface area contributed by atoms with Crippen LogP contribution in [0.2, 0.25) is 0 Å². The Labute approximate surface area is 223 Å². The first-order valence-corrected chi connectivity index (χ1v) is 13.2. The average molecular weight is 541 g/mol. The molecule has 12 nitrogen and oxygen atoms in total. The first kappa shape index (κ1) is 25.7. The lowest BCUT2D eigenvalue weighted by Crippen LogP contribution is -2.66. The summed E-state index contributed by atoms with van der Waals surface area (Å²) in [5.41, 5.74) is 3.37. The lowest BCUT2D eigenvalue weighted by Gasteiger charge is -2.49. The predicted molar refractivity (Wildman–Crippen MR) is 138 cm³/mol. The van der Waals surface area contributed by atoms with E-state index in [1.165, 1.54) is 7.11 Å². The van der Waals surface area contributed by atoms with Crippen molar-refractivity contribution in [3.8, 4) is 11.5 Å². The number of ketones is 2. The minimum absolute atomic E-state index is 0.0180. The second-order valence-corrected chi connectivity index (χ2v) is 11.0.